The van der Waals surface area contributed by atoms with Crippen molar-refractivity contribution in [2.24, 2.45) is 0 Å². The zero-order valence-electron chi connectivity index (χ0n) is 13.8. The van der Waals surface area contributed by atoms with Gasteiger partial charge in [0.2, 0.25) is 10.0 Å². The Morgan fingerprint density at radius 2 is 1.96 bits per heavy atom. The largest absolute Gasteiger partial charge is 0.496 e. The fourth-order valence-corrected chi connectivity index (χ4v) is 5.79. The molecule has 0 amide bonds. The van der Waals surface area contributed by atoms with Crippen LogP contribution in [0.15, 0.2) is 40.6 Å². The van der Waals surface area contributed by atoms with E-state index in [0.717, 1.165) is 35.5 Å². The monoisotopic (exact) mass is 401 g/mol. The molecule has 136 valence electrons. The average molecular weight is 402 g/mol. The molecule has 1 N–H and O–H groups in total. The third-order valence-electron chi connectivity index (χ3n) is 4.54. The predicted molar refractivity (Wildman–Crippen MR) is 99.2 cm³/mol. The Morgan fingerprint density at radius 1 is 1.24 bits per heavy atom. The van der Waals surface area contributed by atoms with Crippen molar-refractivity contribution in [2.45, 2.75) is 22.5 Å². The number of rotatable bonds is 6. The Balaban J connectivity index is 1.89. The first-order chi connectivity index (χ1) is 12.0. The number of halogens is 1. The fraction of sp³-hybridized carbons (Fsp3) is 0.412. The second-order valence-corrected chi connectivity index (χ2v) is 9.68. The van der Waals surface area contributed by atoms with E-state index in [1.165, 1.54) is 6.07 Å². The van der Waals surface area contributed by atoms with Crippen LogP contribution in [0.2, 0.25) is 4.34 Å². The first-order valence-corrected chi connectivity index (χ1v) is 10.6. The molecule has 5 nitrogen and oxygen atoms in total. The molecule has 2 heterocycles. The minimum atomic E-state index is -3.60. The zero-order valence-corrected chi connectivity index (χ0v) is 16.2. The van der Waals surface area contributed by atoms with E-state index in [9.17, 15) is 8.42 Å². The first kappa shape index (κ1) is 18.7. The lowest BCUT2D eigenvalue weighted by Crippen LogP contribution is -2.44. The third kappa shape index (κ3) is 4.01. The smallest absolute Gasteiger partial charge is 0.250 e. The number of hydrogen-bond acceptors (Lipinski definition) is 5. The maximum absolute atomic E-state index is 12.6. The van der Waals surface area contributed by atoms with Gasteiger partial charge in [-0.25, -0.2) is 13.1 Å². The Kier molecular flexibility index (Phi) is 5.70. The molecule has 25 heavy (non-hydrogen) atoms. The lowest BCUT2D eigenvalue weighted by molar-refractivity contribution is 0.0509. The van der Waals surface area contributed by atoms with Gasteiger partial charge in [-0.2, -0.15) is 0 Å². The normalized spacial score (nSPS) is 17.4. The number of methoxy groups -OCH3 is 1. The van der Waals surface area contributed by atoms with Crippen molar-refractivity contribution < 1.29 is 17.9 Å². The topological polar surface area (TPSA) is 64.6 Å². The molecule has 2 aromatic rings. The summed E-state index contributed by atoms with van der Waals surface area (Å²) < 4.78 is 39.6. The molecule has 1 aromatic carbocycles. The number of hydrogen-bond donors (Lipinski definition) is 1. The molecular weight excluding hydrogens is 382 g/mol. The summed E-state index contributed by atoms with van der Waals surface area (Å²) in [5.41, 5.74) is 0.645. The van der Waals surface area contributed by atoms with Crippen LogP contribution in [0.4, 0.5) is 0 Å². The standard InChI is InChI=1S/C17H20ClNO4S2/c1-22-14-5-3-2-4-13(14)17(8-10-23-11-9-17)12-19-25(20,21)16-7-6-15(18)24-16/h2-7,19H,8-12H2,1H3. The van der Waals surface area contributed by atoms with Gasteiger partial charge in [0.25, 0.3) is 0 Å². The zero-order chi connectivity index (χ0) is 17.9. The SMILES string of the molecule is COc1ccccc1C1(CNS(=O)(=O)c2ccc(Cl)s2)CCOCC1. The summed E-state index contributed by atoms with van der Waals surface area (Å²) in [6.45, 7) is 1.46. The molecule has 0 unspecified atom stereocenters. The van der Waals surface area contributed by atoms with E-state index >= 15 is 0 Å². The summed E-state index contributed by atoms with van der Waals surface area (Å²) >= 11 is 6.92. The van der Waals surface area contributed by atoms with Crippen LogP contribution in [0, 0.1) is 0 Å². The van der Waals surface area contributed by atoms with Crippen LogP contribution in [0.1, 0.15) is 18.4 Å². The minimum absolute atomic E-state index is 0.222. The lowest BCUT2D eigenvalue weighted by atomic mass is 9.74. The van der Waals surface area contributed by atoms with Gasteiger partial charge in [0.15, 0.2) is 0 Å². The number of thiophene rings is 1. The molecule has 3 rings (SSSR count). The van der Waals surface area contributed by atoms with Crippen molar-refractivity contribution in [1.29, 1.82) is 0 Å². The molecule has 1 fully saturated rings. The van der Waals surface area contributed by atoms with Crippen LogP contribution in [0.25, 0.3) is 0 Å². The molecule has 1 saturated heterocycles. The summed E-state index contributed by atoms with van der Waals surface area (Å²) in [5, 5.41) is 0. The van der Waals surface area contributed by atoms with Gasteiger partial charge in [0.1, 0.15) is 9.96 Å². The quantitative estimate of drug-likeness (QED) is 0.805. The molecule has 1 aliphatic heterocycles. The van der Waals surface area contributed by atoms with Crippen LogP contribution in [-0.4, -0.2) is 35.3 Å². The summed E-state index contributed by atoms with van der Waals surface area (Å²) in [5.74, 6) is 0.766. The highest BCUT2D eigenvalue weighted by atomic mass is 35.5. The molecule has 0 bridgehead atoms. The molecule has 1 aliphatic rings. The summed E-state index contributed by atoms with van der Waals surface area (Å²) in [7, 11) is -1.97. The fourth-order valence-electron chi connectivity index (χ4n) is 3.13. The molecule has 0 radical (unpaired) electrons. The molecule has 0 atom stereocenters. The highest BCUT2D eigenvalue weighted by Gasteiger charge is 2.38. The molecule has 0 saturated carbocycles. The summed E-state index contributed by atoms with van der Waals surface area (Å²) in [4.78, 5) is 0. The molecule has 0 spiro atoms. The molecule has 8 heteroatoms. The van der Waals surface area contributed by atoms with Crippen molar-refractivity contribution in [3.05, 3.63) is 46.3 Å². The number of nitrogens with one attached hydrogen (secondary N) is 1. The number of sulfonamides is 1. The van der Waals surface area contributed by atoms with E-state index in [1.807, 2.05) is 24.3 Å². The van der Waals surface area contributed by atoms with E-state index in [2.05, 4.69) is 4.72 Å². The minimum Gasteiger partial charge on any atom is -0.496 e. The van der Waals surface area contributed by atoms with Crippen LogP contribution in [0.3, 0.4) is 0 Å². The van der Waals surface area contributed by atoms with Crippen LogP contribution >= 0.6 is 22.9 Å². The van der Waals surface area contributed by atoms with Crippen molar-refractivity contribution in [2.75, 3.05) is 26.9 Å². The maximum atomic E-state index is 12.6. The van der Waals surface area contributed by atoms with Gasteiger partial charge in [-0.3, -0.25) is 0 Å². The van der Waals surface area contributed by atoms with Gasteiger partial charge in [-0.05, 0) is 31.0 Å². The third-order valence-corrected chi connectivity index (χ3v) is 7.67. The highest BCUT2D eigenvalue weighted by Crippen LogP contribution is 2.39. The van der Waals surface area contributed by atoms with Crippen molar-refractivity contribution >= 4 is 33.0 Å². The summed E-state index contributed by atoms with van der Waals surface area (Å²) in [6, 6.07) is 10.9. The van der Waals surface area contributed by atoms with E-state index in [1.54, 1.807) is 13.2 Å². The van der Waals surface area contributed by atoms with Crippen molar-refractivity contribution in [1.82, 2.24) is 4.72 Å². The molecular formula is C17H20ClNO4S2. The Bertz CT molecular complexity index is 829. The Labute approximate surface area is 157 Å². The maximum Gasteiger partial charge on any atom is 0.250 e. The van der Waals surface area contributed by atoms with Crippen LogP contribution in [-0.2, 0) is 20.2 Å². The van der Waals surface area contributed by atoms with Gasteiger partial charge in [0.05, 0.1) is 11.4 Å². The van der Waals surface area contributed by atoms with Crippen molar-refractivity contribution in [3.8, 4) is 5.75 Å². The van der Waals surface area contributed by atoms with Gasteiger partial charge < -0.3 is 9.47 Å². The van der Waals surface area contributed by atoms with E-state index in [-0.39, 0.29) is 16.2 Å². The van der Waals surface area contributed by atoms with Gasteiger partial charge in [-0.1, -0.05) is 29.8 Å². The van der Waals surface area contributed by atoms with E-state index < -0.39 is 10.0 Å². The summed E-state index contributed by atoms with van der Waals surface area (Å²) in [6.07, 6.45) is 1.45. The van der Waals surface area contributed by atoms with Crippen LogP contribution in [0.5, 0.6) is 5.75 Å². The Hall–Kier alpha value is -1.12. The predicted octanol–water partition coefficient (Wildman–Crippen LogP) is 3.44. The number of benzene rings is 1. The number of ether oxygens (including phenoxy) is 2. The van der Waals surface area contributed by atoms with E-state index in [0.29, 0.717) is 17.6 Å². The van der Waals surface area contributed by atoms with Gasteiger partial charge >= 0.3 is 0 Å². The van der Waals surface area contributed by atoms with Crippen molar-refractivity contribution in [3.63, 3.8) is 0 Å². The number of para-hydroxylation sites is 1. The first-order valence-electron chi connectivity index (χ1n) is 7.93. The molecule has 0 aliphatic carbocycles. The van der Waals surface area contributed by atoms with Gasteiger partial charge in [-0.15, -0.1) is 11.3 Å². The second-order valence-electron chi connectivity index (χ2n) is 5.98. The lowest BCUT2D eigenvalue weighted by Gasteiger charge is -2.38. The highest BCUT2D eigenvalue weighted by molar-refractivity contribution is 7.91. The Morgan fingerprint density at radius 3 is 2.60 bits per heavy atom. The van der Waals surface area contributed by atoms with Gasteiger partial charge in [0, 0.05) is 30.7 Å². The molecule has 1 aromatic heterocycles. The second kappa shape index (κ2) is 7.63. The van der Waals surface area contributed by atoms with Crippen LogP contribution < -0.4 is 9.46 Å². The average Bonchev–Trinajstić information content (AvgIpc) is 3.08. The van der Waals surface area contributed by atoms with E-state index in [4.69, 9.17) is 21.1 Å².